The van der Waals surface area contributed by atoms with E-state index in [1.54, 1.807) is 25.3 Å². The largest absolute Gasteiger partial charge is 0.468 e. The highest BCUT2D eigenvalue weighted by Crippen LogP contribution is 2.31. The van der Waals surface area contributed by atoms with Crippen molar-refractivity contribution in [3.05, 3.63) is 23.6 Å². The molecular formula is C19H28N2O7. The van der Waals surface area contributed by atoms with Crippen LogP contribution in [-0.4, -0.2) is 75.9 Å². The predicted octanol–water partition coefficient (Wildman–Crippen LogP) is 1.46. The summed E-state index contributed by atoms with van der Waals surface area (Å²) in [4.78, 5) is 14.1. The molecule has 2 amide bonds. The van der Waals surface area contributed by atoms with Crippen LogP contribution in [0.1, 0.15) is 25.7 Å². The summed E-state index contributed by atoms with van der Waals surface area (Å²) in [5.74, 6) is 0.673. The number of nitrogens with one attached hydrogen (secondary N) is 1. The molecule has 0 spiro atoms. The number of amides is 2. The van der Waals surface area contributed by atoms with Crippen LogP contribution in [0.3, 0.4) is 0 Å². The highest BCUT2D eigenvalue weighted by Gasteiger charge is 2.42. The summed E-state index contributed by atoms with van der Waals surface area (Å²) in [5, 5.41) is 2.86. The van der Waals surface area contributed by atoms with Gasteiger partial charge in [0.05, 0.1) is 12.7 Å². The Balaban J connectivity index is 1.38. The second kappa shape index (κ2) is 8.79. The Labute approximate surface area is 164 Å². The maximum absolute atomic E-state index is 12.6. The van der Waals surface area contributed by atoms with Crippen LogP contribution in [0.5, 0.6) is 0 Å². The van der Waals surface area contributed by atoms with Crippen LogP contribution in [0.2, 0.25) is 0 Å². The maximum atomic E-state index is 12.6. The first-order valence-electron chi connectivity index (χ1n) is 9.76. The van der Waals surface area contributed by atoms with Gasteiger partial charge in [-0.15, -0.1) is 0 Å². The van der Waals surface area contributed by atoms with E-state index in [0.717, 1.165) is 31.4 Å². The van der Waals surface area contributed by atoms with Gasteiger partial charge in [0.1, 0.15) is 24.7 Å². The van der Waals surface area contributed by atoms with Gasteiger partial charge < -0.3 is 28.4 Å². The highest BCUT2D eigenvalue weighted by atomic mass is 16.7. The molecule has 2 saturated heterocycles. The minimum atomic E-state index is -0.496. The van der Waals surface area contributed by atoms with Crippen molar-refractivity contribution < 1.29 is 33.2 Å². The van der Waals surface area contributed by atoms with Crippen molar-refractivity contribution >= 4 is 6.03 Å². The normalized spacial score (nSPS) is 35.1. The van der Waals surface area contributed by atoms with Gasteiger partial charge in [0.25, 0.3) is 0 Å². The molecule has 0 radical (unpaired) electrons. The van der Waals surface area contributed by atoms with Gasteiger partial charge in [0, 0.05) is 39.0 Å². The molecule has 0 aromatic carbocycles. The molecule has 0 saturated carbocycles. The molecular weight excluding hydrogens is 368 g/mol. The molecule has 4 heterocycles. The third-order valence-electron chi connectivity index (χ3n) is 5.35. The van der Waals surface area contributed by atoms with Gasteiger partial charge in [0.15, 0.2) is 6.29 Å². The van der Waals surface area contributed by atoms with E-state index in [9.17, 15) is 4.79 Å². The molecule has 0 aromatic rings. The summed E-state index contributed by atoms with van der Waals surface area (Å²) in [5.41, 5.74) is 0.857. The molecule has 4 aliphatic heterocycles. The van der Waals surface area contributed by atoms with Gasteiger partial charge in [-0.05, 0) is 25.3 Å². The standard InChI is InChI=1S/C19H28N2O7/c1-23-11-15-14(24-2)8-16(28-15)21-9-12-7-13(27-18(12)20-19(21)22)10-26-17-5-3-4-6-25-17/h7,9,14-18H,3-6,8,10-11H2,1-2H3,(H,20,22)/t14?,15-,16-,17?,18?/m1/s1. The van der Waals surface area contributed by atoms with Crippen molar-refractivity contribution in [3.8, 4) is 0 Å². The van der Waals surface area contributed by atoms with Crippen LogP contribution < -0.4 is 5.32 Å². The van der Waals surface area contributed by atoms with E-state index >= 15 is 0 Å². The Bertz CT molecular complexity index is 632. The van der Waals surface area contributed by atoms with Crippen molar-refractivity contribution in [2.45, 2.75) is 56.6 Å². The number of fused-ring (bicyclic) bond motifs is 1. The number of urea groups is 1. The molecule has 1 N–H and O–H groups in total. The number of methoxy groups -OCH3 is 2. The van der Waals surface area contributed by atoms with Gasteiger partial charge in [-0.1, -0.05) is 0 Å². The van der Waals surface area contributed by atoms with Gasteiger partial charge >= 0.3 is 6.03 Å². The maximum Gasteiger partial charge on any atom is 0.326 e. The zero-order valence-corrected chi connectivity index (χ0v) is 16.3. The lowest BCUT2D eigenvalue weighted by Crippen LogP contribution is -2.51. The van der Waals surface area contributed by atoms with Crippen molar-refractivity contribution in [3.63, 3.8) is 0 Å². The summed E-state index contributed by atoms with van der Waals surface area (Å²) in [7, 11) is 3.26. The van der Waals surface area contributed by atoms with E-state index in [4.69, 9.17) is 28.4 Å². The Hall–Kier alpha value is -1.65. The smallest absolute Gasteiger partial charge is 0.326 e. The second-order valence-corrected chi connectivity index (χ2v) is 7.30. The van der Waals surface area contributed by atoms with Crippen LogP contribution in [0, 0.1) is 0 Å². The first-order valence-corrected chi connectivity index (χ1v) is 9.76. The SMILES string of the molecule is COC[C@H]1O[C@@H](N2C=C3C=C(COC4CCCCO4)OC3NC2=O)CC1OC. The minimum absolute atomic E-state index is 0.122. The fraction of sp³-hybridized carbons (Fsp3) is 0.737. The quantitative estimate of drug-likeness (QED) is 0.697. The molecule has 0 aliphatic carbocycles. The summed E-state index contributed by atoms with van der Waals surface area (Å²) in [6.45, 7) is 1.46. The molecule has 2 fully saturated rings. The molecule has 4 aliphatic rings. The van der Waals surface area contributed by atoms with Gasteiger partial charge in [-0.2, -0.15) is 0 Å². The first-order chi connectivity index (χ1) is 13.7. The summed E-state index contributed by atoms with van der Waals surface area (Å²) in [6.07, 6.45) is 5.91. The lowest BCUT2D eigenvalue weighted by Gasteiger charge is -2.32. The lowest BCUT2D eigenvalue weighted by atomic mass is 10.1. The van der Waals surface area contributed by atoms with Gasteiger partial charge in [-0.3, -0.25) is 10.2 Å². The minimum Gasteiger partial charge on any atom is -0.468 e. The molecule has 28 heavy (non-hydrogen) atoms. The molecule has 0 bridgehead atoms. The average Bonchev–Trinajstić information content (AvgIpc) is 3.30. The van der Waals surface area contributed by atoms with Crippen molar-refractivity contribution in [1.82, 2.24) is 10.2 Å². The topological polar surface area (TPSA) is 87.7 Å². The third-order valence-corrected chi connectivity index (χ3v) is 5.35. The summed E-state index contributed by atoms with van der Waals surface area (Å²) in [6, 6.07) is -0.266. The average molecular weight is 396 g/mol. The van der Waals surface area contributed by atoms with E-state index < -0.39 is 12.5 Å². The van der Waals surface area contributed by atoms with Gasteiger partial charge in [-0.25, -0.2) is 4.79 Å². The number of ether oxygens (including phenoxy) is 6. The molecule has 0 aromatic heterocycles. The van der Waals surface area contributed by atoms with Gasteiger partial charge in [0.2, 0.25) is 6.23 Å². The van der Waals surface area contributed by atoms with Crippen molar-refractivity contribution in [2.75, 3.05) is 34.0 Å². The number of nitrogens with zero attached hydrogens (tertiary/aromatic N) is 1. The second-order valence-electron chi connectivity index (χ2n) is 7.30. The Morgan fingerprint density at radius 2 is 2.21 bits per heavy atom. The van der Waals surface area contributed by atoms with E-state index in [0.29, 0.717) is 25.4 Å². The van der Waals surface area contributed by atoms with E-state index in [-0.39, 0.29) is 24.5 Å². The van der Waals surface area contributed by atoms with Crippen LogP contribution in [0.4, 0.5) is 4.79 Å². The number of carbonyl (C=O) groups is 1. The number of carbonyl (C=O) groups excluding carboxylic acids is 1. The fourth-order valence-corrected chi connectivity index (χ4v) is 3.88. The highest BCUT2D eigenvalue weighted by molar-refractivity contribution is 5.78. The van der Waals surface area contributed by atoms with Crippen molar-refractivity contribution in [2.24, 2.45) is 0 Å². The number of hydrogen-bond donors (Lipinski definition) is 1. The Kier molecular flexibility index (Phi) is 6.17. The Morgan fingerprint density at radius 3 is 2.96 bits per heavy atom. The summed E-state index contributed by atoms with van der Waals surface area (Å²) >= 11 is 0. The zero-order valence-electron chi connectivity index (χ0n) is 16.3. The monoisotopic (exact) mass is 396 g/mol. The molecule has 156 valence electrons. The zero-order chi connectivity index (χ0) is 19.5. The lowest BCUT2D eigenvalue weighted by molar-refractivity contribution is -0.162. The van der Waals surface area contributed by atoms with Crippen molar-refractivity contribution in [1.29, 1.82) is 0 Å². The molecule has 9 nitrogen and oxygen atoms in total. The van der Waals surface area contributed by atoms with E-state index in [1.165, 1.54) is 0 Å². The van der Waals surface area contributed by atoms with E-state index in [2.05, 4.69) is 5.32 Å². The molecule has 3 unspecified atom stereocenters. The molecule has 5 atom stereocenters. The van der Waals surface area contributed by atoms with Crippen LogP contribution >= 0.6 is 0 Å². The van der Waals surface area contributed by atoms with Crippen LogP contribution in [0.15, 0.2) is 23.6 Å². The van der Waals surface area contributed by atoms with E-state index in [1.807, 2.05) is 6.08 Å². The predicted molar refractivity (Wildman–Crippen MR) is 96.9 cm³/mol. The molecule has 9 heteroatoms. The Morgan fingerprint density at radius 1 is 1.32 bits per heavy atom. The molecule has 4 rings (SSSR count). The first kappa shape index (κ1) is 19.7. The van der Waals surface area contributed by atoms with Crippen LogP contribution in [-0.2, 0) is 28.4 Å². The fourth-order valence-electron chi connectivity index (χ4n) is 3.88. The van der Waals surface area contributed by atoms with Crippen LogP contribution in [0.25, 0.3) is 0 Å². The summed E-state index contributed by atoms with van der Waals surface area (Å²) < 4.78 is 33.8. The number of hydrogen-bond acceptors (Lipinski definition) is 7. The third kappa shape index (κ3) is 4.18. The number of rotatable bonds is 7.